The number of aromatic amines is 1. The third-order valence-corrected chi connectivity index (χ3v) is 2.05. The first-order valence-electron chi connectivity index (χ1n) is 4.34. The van der Waals surface area contributed by atoms with E-state index < -0.39 is 5.56 Å². The summed E-state index contributed by atoms with van der Waals surface area (Å²) in [6.07, 6.45) is 0. The van der Waals surface area contributed by atoms with Crippen molar-refractivity contribution < 1.29 is 9.47 Å². The van der Waals surface area contributed by atoms with E-state index in [0.717, 1.165) is 0 Å². The van der Waals surface area contributed by atoms with Crippen molar-refractivity contribution in [2.45, 2.75) is 13.5 Å². The van der Waals surface area contributed by atoms with Gasteiger partial charge >= 0.3 is 0 Å². The minimum absolute atomic E-state index is 0.0410. The zero-order chi connectivity index (χ0) is 11.4. The van der Waals surface area contributed by atoms with Gasteiger partial charge in [0.05, 0.1) is 19.4 Å². The second kappa shape index (κ2) is 4.62. The van der Waals surface area contributed by atoms with Crippen molar-refractivity contribution in [1.29, 1.82) is 5.26 Å². The van der Waals surface area contributed by atoms with Crippen LogP contribution in [0.1, 0.15) is 16.8 Å². The molecule has 15 heavy (non-hydrogen) atoms. The summed E-state index contributed by atoms with van der Waals surface area (Å²) >= 11 is 0. The number of nitrogens with zero attached hydrogens (tertiary/aromatic N) is 1. The lowest BCUT2D eigenvalue weighted by molar-refractivity contribution is 0.181. The number of nitrogens with one attached hydrogen (secondary N) is 1. The van der Waals surface area contributed by atoms with Gasteiger partial charge in [-0.3, -0.25) is 4.79 Å². The summed E-state index contributed by atoms with van der Waals surface area (Å²) in [5.74, 6) is 0.494. The Labute approximate surface area is 87.3 Å². The van der Waals surface area contributed by atoms with Gasteiger partial charge in [0.1, 0.15) is 17.4 Å². The third-order valence-electron chi connectivity index (χ3n) is 2.05. The molecule has 0 saturated carbocycles. The van der Waals surface area contributed by atoms with Crippen LogP contribution in [0.5, 0.6) is 5.75 Å². The van der Waals surface area contributed by atoms with Crippen LogP contribution >= 0.6 is 0 Å². The summed E-state index contributed by atoms with van der Waals surface area (Å²) in [6.45, 7) is 1.89. The van der Waals surface area contributed by atoms with Crippen LogP contribution < -0.4 is 10.3 Å². The fourth-order valence-corrected chi connectivity index (χ4v) is 1.44. The fraction of sp³-hybridized carbons (Fsp3) is 0.400. The molecule has 1 aromatic heterocycles. The molecule has 1 rings (SSSR count). The number of nitriles is 1. The Morgan fingerprint density at radius 3 is 2.60 bits per heavy atom. The Balaban J connectivity index is 3.53. The van der Waals surface area contributed by atoms with Crippen molar-refractivity contribution in [1.82, 2.24) is 4.98 Å². The molecular weight excluding hydrogens is 196 g/mol. The molecule has 0 aliphatic carbocycles. The van der Waals surface area contributed by atoms with E-state index in [2.05, 4.69) is 4.98 Å². The van der Waals surface area contributed by atoms with Gasteiger partial charge in [0.25, 0.3) is 5.56 Å². The number of rotatable bonds is 3. The van der Waals surface area contributed by atoms with Crippen LogP contribution in [0.15, 0.2) is 4.79 Å². The molecule has 0 radical (unpaired) electrons. The topological polar surface area (TPSA) is 75.1 Å². The van der Waals surface area contributed by atoms with Gasteiger partial charge in [-0.2, -0.15) is 5.26 Å². The van der Waals surface area contributed by atoms with Gasteiger partial charge in [0.15, 0.2) is 0 Å². The molecule has 0 amide bonds. The van der Waals surface area contributed by atoms with Gasteiger partial charge in [-0.15, -0.1) is 0 Å². The standard InChI is InChI=1S/C10H12N2O3/c1-6-9(15-3)8(5-14-2)7(4-11)10(13)12-6/h5H2,1-3H3,(H,12,13). The van der Waals surface area contributed by atoms with Crippen molar-refractivity contribution >= 4 is 0 Å². The van der Waals surface area contributed by atoms with Crippen molar-refractivity contribution in [2.24, 2.45) is 0 Å². The van der Waals surface area contributed by atoms with Crippen molar-refractivity contribution in [3.63, 3.8) is 0 Å². The Hall–Kier alpha value is -1.80. The van der Waals surface area contributed by atoms with Gasteiger partial charge in [0.2, 0.25) is 0 Å². The number of hydrogen-bond donors (Lipinski definition) is 1. The number of pyridine rings is 1. The minimum Gasteiger partial charge on any atom is -0.495 e. The van der Waals surface area contributed by atoms with Crippen molar-refractivity contribution in [3.05, 3.63) is 27.2 Å². The first-order valence-corrected chi connectivity index (χ1v) is 4.34. The zero-order valence-corrected chi connectivity index (χ0v) is 8.88. The van der Waals surface area contributed by atoms with Gasteiger partial charge in [-0.05, 0) is 6.92 Å². The normalized spacial score (nSPS) is 9.73. The maximum absolute atomic E-state index is 11.4. The SMILES string of the molecule is COCc1c(OC)c(C)[nH]c(=O)c1C#N. The Bertz CT molecular complexity index is 457. The van der Waals surface area contributed by atoms with Crippen molar-refractivity contribution in [3.8, 4) is 11.8 Å². The van der Waals surface area contributed by atoms with Gasteiger partial charge in [-0.25, -0.2) is 0 Å². The lowest BCUT2D eigenvalue weighted by Gasteiger charge is -2.11. The molecule has 0 aliphatic rings. The predicted molar refractivity (Wildman–Crippen MR) is 53.8 cm³/mol. The fourth-order valence-electron chi connectivity index (χ4n) is 1.44. The quantitative estimate of drug-likeness (QED) is 0.793. The largest absolute Gasteiger partial charge is 0.495 e. The maximum atomic E-state index is 11.4. The third kappa shape index (κ3) is 2.00. The number of H-pyrrole nitrogens is 1. The second-order valence-electron chi connectivity index (χ2n) is 3.01. The molecule has 5 heteroatoms. The van der Waals surface area contributed by atoms with Crippen LogP contribution in [0.3, 0.4) is 0 Å². The summed E-state index contributed by atoms with van der Waals surface area (Å²) in [6, 6.07) is 1.85. The van der Waals surface area contributed by atoms with E-state index in [1.165, 1.54) is 14.2 Å². The first-order chi connectivity index (χ1) is 7.15. The molecule has 0 bridgehead atoms. The van der Waals surface area contributed by atoms with E-state index in [1.54, 1.807) is 6.92 Å². The molecule has 1 N–H and O–H groups in total. The average Bonchev–Trinajstić information content (AvgIpc) is 2.18. The van der Waals surface area contributed by atoms with Crippen LogP contribution in [0.2, 0.25) is 0 Å². The molecule has 0 aliphatic heterocycles. The summed E-state index contributed by atoms with van der Waals surface area (Å²) < 4.78 is 10.1. The Morgan fingerprint density at radius 2 is 2.13 bits per heavy atom. The van der Waals surface area contributed by atoms with Crippen LogP contribution in [0.25, 0.3) is 0 Å². The molecule has 1 aromatic rings. The Morgan fingerprint density at radius 1 is 1.47 bits per heavy atom. The number of aromatic nitrogens is 1. The smallest absolute Gasteiger partial charge is 0.266 e. The van der Waals surface area contributed by atoms with Crippen LogP contribution in [0, 0.1) is 18.3 Å². The van der Waals surface area contributed by atoms with Gasteiger partial charge < -0.3 is 14.5 Å². The first kappa shape index (κ1) is 11.3. The van der Waals surface area contributed by atoms with Crippen LogP contribution in [-0.2, 0) is 11.3 Å². The van der Waals surface area contributed by atoms with Crippen molar-refractivity contribution in [2.75, 3.05) is 14.2 Å². The monoisotopic (exact) mass is 208 g/mol. The number of methoxy groups -OCH3 is 2. The highest BCUT2D eigenvalue weighted by Gasteiger charge is 2.15. The molecule has 5 nitrogen and oxygen atoms in total. The van der Waals surface area contributed by atoms with Crippen LogP contribution in [-0.4, -0.2) is 19.2 Å². The Kier molecular flexibility index (Phi) is 3.47. The maximum Gasteiger partial charge on any atom is 0.266 e. The molecule has 0 fully saturated rings. The minimum atomic E-state index is -0.414. The highest BCUT2D eigenvalue weighted by molar-refractivity contribution is 5.46. The number of hydrogen-bond acceptors (Lipinski definition) is 4. The molecule has 0 unspecified atom stereocenters. The van der Waals surface area contributed by atoms with E-state index in [0.29, 0.717) is 17.0 Å². The van der Waals surface area contributed by atoms with Crippen LogP contribution in [0.4, 0.5) is 0 Å². The summed E-state index contributed by atoms with van der Waals surface area (Å²) in [7, 11) is 2.98. The van der Waals surface area contributed by atoms with E-state index in [-0.39, 0.29) is 12.2 Å². The van der Waals surface area contributed by atoms with E-state index in [4.69, 9.17) is 14.7 Å². The highest BCUT2D eigenvalue weighted by Crippen LogP contribution is 2.22. The lowest BCUT2D eigenvalue weighted by Crippen LogP contribution is -2.16. The van der Waals surface area contributed by atoms with E-state index in [1.807, 2.05) is 6.07 Å². The molecular formula is C10H12N2O3. The summed E-state index contributed by atoms with van der Waals surface area (Å²) in [5, 5.41) is 8.86. The summed E-state index contributed by atoms with van der Waals surface area (Å²) in [5.41, 5.74) is 0.708. The average molecular weight is 208 g/mol. The lowest BCUT2D eigenvalue weighted by atomic mass is 10.1. The predicted octanol–water partition coefficient (Wildman–Crippen LogP) is 0.710. The zero-order valence-electron chi connectivity index (χ0n) is 8.88. The molecule has 80 valence electrons. The molecule has 0 saturated heterocycles. The summed E-state index contributed by atoms with van der Waals surface area (Å²) in [4.78, 5) is 14.0. The van der Waals surface area contributed by atoms with E-state index >= 15 is 0 Å². The van der Waals surface area contributed by atoms with Gasteiger partial charge in [0, 0.05) is 12.7 Å². The second-order valence-corrected chi connectivity index (χ2v) is 3.01. The number of aryl methyl sites for hydroxylation is 1. The molecule has 0 atom stereocenters. The van der Waals surface area contributed by atoms with Gasteiger partial charge in [-0.1, -0.05) is 0 Å². The van der Waals surface area contributed by atoms with E-state index in [9.17, 15) is 4.79 Å². The molecule has 0 aromatic carbocycles. The molecule has 0 spiro atoms. The highest BCUT2D eigenvalue weighted by atomic mass is 16.5. The number of ether oxygens (including phenoxy) is 2. The molecule has 1 heterocycles.